The van der Waals surface area contributed by atoms with E-state index in [9.17, 15) is 4.79 Å². The Bertz CT molecular complexity index is 603. The molecule has 1 N–H and O–H groups in total. The summed E-state index contributed by atoms with van der Waals surface area (Å²) in [4.78, 5) is 14.8. The number of rotatable bonds is 2. The van der Waals surface area contributed by atoms with Gasteiger partial charge in [0, 0.05) is 26.2 Å². The summed E-state index contributed by atoms with van der Waals surface area (Å²) in [5, 5.41) is 3.19. The molecule has 1 aromatic carbocycles. The molecule has 0 radical (unpaired) electrons. The zero-order valence-electron chi connectivity index (χ0n) is 14.6. The largest absolute Gasteiger partial charge is 0.378 e. The van der Waals surface area contributed by atoms with Gasteiger partial charge in [-0.3, -0.25) is 0 Å². The molecule has 0 aromatic heterocycles. The van der Waals surface area contributed by atoms with Gasteiger partial charge in [-0.25, -0.2) is 4.79 Å². The van der Waals surface area contributed by atoms with Gasteiger partial charge < -0.3 is 24.4 Å². The third-order valence-electron chi connectivity index (χ3n) is 5.29. The van der Waals surface area contributed by atoms with Crippen molar-refractivity contribution in [3.05, 3.63) is 35.9 Å². The van der Waals surface area contributed by atoms with Gasteiger partial charge >= 0.3 is 6.03 Å². The molecule has 6 nitrogen and oxygen atoms in total. The number of amides is 2. The first kappa shape index (κ1) is 16.8. The van der Waals surface area contributed by atoms with Crippen LogP contribution in [0.5, 0.6) is 0 Å². The quantitative estimate of drug-likeness (QED) is 0.891. The Labute approximate surface area is 148 Å². The number of carbonyl (C=O) groups is 1. The third kappa shape index (κ3) is 3.52. The lowest BCUT2D eigenvalue weighted by Gasteiger charge is -2.43. The van der Waals surface area contributed by atoms with Crippen LogP contribution in [0.1, 0.15) is 31.4 Å². The van der Waals surface area contributed by atoms with Gasteiger partial charge in [-0.2, -0.15) is 0 Å². The van der Waals surface area contributed by atoms with E-state index in [1.165, 1.54) is 0 Å². The molecular weight excluding hydrogens is 320 g/mol. The van der Waals surface area contributed by atoms with Crippen molar-refractivity contribution in [1.29, 1.82) is 0 Å². The summed E-state index contributed by atoms with van der Waals surface area (Å²) in [7, 11) is 0. The van der Waals surface area contributed by atoms with Gasteiger partial charge in [-0.05, 0) is 18.9 Å². The molecule has 0 saturated carbocycles. The van der Waals surface area contributed by atoms with Crippen LogP contribution in [0.15, 0.2) is 30.3 Å². The summed E-state index contributed by atoms with van der Waals surface area (Å²) in [6.07, 6.45) is 1.62. The molecule has 6 heteroatoms. The average molecular weight is 346 g/mol. The Kier molecular flexibility index (Phi) is 4.67. The van der Waals surface area contributed by atoms with Crippen LogP contribution in [-0.2, 0) is 14.2 Å². The number of nitrogens with one attached hydrogen (secondary N) is 1. The van der Waals surface area contributed by atoms with Gasteiger partial charge in [0.25, 0.3) is 0 Å². The number of hydrogen-bond donors (Lipinski definition) is 1. The predicted octanol–water partition coefficient (Wildman–Crippen LogP) is 2.11. The predicted molar refractivity (Wildman–Crippen MR) is 92.4 cm³/mol. The number of carbonyl (C=O) groups excluding carboxylic acids is 1. The number of morpholine rings is 1. The van der Waals surface area contributed by atoms with Crippen molar-refractivity contribution in [3.63, 3.8) is 0 Å². The molecular formula is C19H26N2O4. The fourth-order valence-corrected chi connectivity index (χ4v) is 4.14. The van der Waals surface area contributed by atoms with Crippen LogP contribution in [0.25, 0.3) is 0 Å². The van der Waals surface area contributed by atoms with Crippen molar-refractivity contribution in [3.8, 4) is 0 Å². The summed E-state index contributed by atoms with van der Waals surface area (Å²) in [5.41, 5.74) is 0.779. The highest BCUT2D eigenvalue weighted by Crippen LogP contribution is 2.31. The van der Waals surface area contributed by atoms with Gasteiger partial charge in [0.2, 0.25) is 0 Å². The summed E-state index contributed by atoms with van der Waals surface area (Å²) in [6, 6.07) is 10.1. The van der Waals surface area contributed by atoms with E-state index in [-0.39, 0.29) is 29.9 Å². The highest BCUT2D eigenvalue weighted by atomic mass is 16.6. The highest BCUT2D eigenvalue weighted by molar-refractivity contribution is 5.75. The van der Waals surface area contributed by atoms with Gasteiger partial charge in [0.05, 0.1) is 25.3 Å². The summed E-state index contributed by atoms with van der Waals surface area (Å²) < 4.78 is 17.5. The van der Waals surface area contributed by atoms with Crippen molar-refractivity contribution in [2.45, 2.75) is 43.6 Å². The fraction of sp³-hybridized carbons (Fsp3) is 0.632. The van der Waals surface area contributed by atoms with Crippen molar-refractivity contribution in [2.24, 2.45) is 0 Å². The molecule has 4 unspecified atom stereocenters. The SMILES string of the molecule is CC1CN(C(=O)NC2CCOC2c2ccccc2)CC2(CCOC2)O1. The van der Waals surface area contributed by atoms with Crippen LogP contribution in [0.2, 0.25) is 0 Å². The Morgan fingerprint density at radius 1 is 1.28 bits per heavy atom. The van der Waals surface area contributed by atoms with Crippen LogP contribution < -0.4 is 5.32 Å². The molecule has 4 rings (SSSR count). The van der Waals surface area contributed by atoms with Crippen molar-refractivity contribution in [2.75, 3.05) is 32.9 Å². The second-order valence-electron chi connectivity index (χ2n) is 7.34. The summed E-state index contributed by atoms with van der Waals surface area (Å²) in [5.74, 6) is 0. The van der Waals surface area contributed by atoms with E-state index in [2.05, 4.69) is 17.4 Å². The molecule has 136 valence electrons. The van der Waals surface area contributed by atoms with E-state index in [1.807, 2.05) is 30.0 Å². The minimum atomic E-state index is -0.333. The van der Waals surface area contributed by atoms with Gasteiger partial charge in [-0.15, -0.1) is 0 Å². The summed E-state index contributed by atoms with van der Waals surface area (Å²) in [6.45, 7) is 5.16. The molecule has 3 heterocycles. The lowest BCUT2D eigenvalue weighted by Crippen LogP contribution is -2.59. The van der Waals surface area contributed by atoms with Gasteiger partial charge in [-0.1, -0.05) is 30.3 Å². The molecule has 0 bridgehead atoms. The lowest BCUT2D eigenvalue weighted by molar-refractivity contribution is -0.137. The zero-order valence-corrected chi connectivity index (χ0v) is 14.6. The van der Waals surface area contributed by atoms with Crippen molar-refractivity contribution >= 4 is 6.03 Å². The maximum Gasteiger partial charge on any atom is 0.317 e. The highest BCUT2D eigenvalue weighted by Gasteiger charge is 2.44. The van der Waals surface area contributed by atoms with Crippen LogP contribution in [-0.4, -0.2) is 61.6 Å². The normalized spacial score (nSPS) is 35.2. The lowest BCUT2D eigenvalue weighted by atomic mass is 9.99. The summed E-state index contributed by atoms with van der Waals surface area (Å²) >= 11 is 0. The Hall–Kier alpha value is -1.63. The van der Waals surface area contributed by atoms with E-state index < -0.39 is 0 Å². The second-order valence-corrected chi connectivity index (χ2v) is 7.34. The molecule has 3 aliphatic rings. The first-order chi connectivity index (χ1) is 12.2. The first-order valence-electron chi connectivity index (χ1n) is 9.13. The Morgan fingerprint density at radius 3 is 2.88 bits per heavy atom. The van der Waals surface area contributed by atoms with E-state index in [0.717, 1.165) is 18.4 Å². The van der Waals surface area contributed by atoms with E-state index >= 15 is 0 Å². The Morgan fingerprint density at radius 2 is 2.12 bits per heavy atom. The van der Waals surface area contributed by atoms with E-state index in [1.54, 1.807) is 0 Å². The molecule has 25 heavy (non-hydrogen) atoms. The topological polar surface area (TPSA) is 60.0 Å². The Balaban J connectivity index is 1.42. The molecule has 3 aliphatic heterocycles. The zero-order chi connectivity index (χ0) is 17.3. The number of urea groups is 1. The maximum atomic E-state index is 12.9. The van der Waals surface area contributed by atoms with Gasteiger partial charge in [0.15, 0.2) is 0 Å². The number of hydrogen-bond acceptors (Lipinski definition) is 4. The van der Waals surface area contributed by atoms with Crippen LogP contribution in [0.4, 0.5) is 4.79 Å². The minimum Gasteiger partial charge on any atom is -0.378 e. The van der Waals surface area contributed by atoms with Crippen LogP contribution >= 0.6 is 0 Å². The molecule has 0 aliphatic carbocycles. The number of benzene rings is 1. The fourth-order valence-electron chi connectivity index (χ4n) is 4.14. The first-order valence-corrected chi connectivity index (χ1v) is 9.13. The smallest absolute Gasteiger partial charge is 0.317 e. The average Bonchev–Trinajstić information content (AvgIpc) is 3.25. The molecule has 1 spiro atoms. The molecule has 3 fully saturated rings. The molecule has 3 saturated heterocycles. The molecule has 1 aromatic rings. The third-order valence-corrected chi connectivity index (χ3v) is 5.29. The van der Waals surface area contributed by atoms with Crippen molar-refractivity contribution in [1.82, 2.24) is 10.2 Å². The molecule has 2 amide bonds. The standard InChI is InChI=1S/C19H26N2O4/c1-14-11-21(12-19(25-14)8-10-23-13-19)18(22)20-16-7-9-24-17(16)15-5-3-2-4-6-15/h2-6,14,16-17H,7-13H2,1H3,(H,20,22). The second kappa shape index (κ2) is 6.94. The number of nitrogens with zero attached hydrogens (tertiary/aromatic N) is 1. The van der Waals surface area contributed by atoms with E-state index in [4.69, 9.17) is 14.2 Å². The van der Waals surface area contributed by atoms with Crippen LogP contribution in [0, 0.1) is 0 Å². The monoisotopic (exact) mass is 346 g/mol. The minimum absolute atomic E-state index is 0.00355. The maximum absolute atomic E-state index is 12.9. The van der Waals surface area contributed by atoms with Gasteiger partial charge in [0.1, 0.15) is 11.7 Å². The number of ether oxygens (including phenoxy) is 3. The van der Waals surface area contributed by atoms with E-state index in [0.29, 0.717) is 32.9 Å². The van der Waals surface area contributed by atoms with Crippen molar-refractivity contribution < 1.29 is 19.0 Å². The van der Waals surface area contributed by atoms with Crippen LogP contribution in [0.3, 0.4) is 0 Å². The molecule has 4 atom stereocenters.